The van der Waals surface area contributed by atoms with Gasteiger partial charge < -0.3 is 4.74 Å². The molecule has 10 heteroatoms. The van der Waals surface area contributed by atoms with Crippen LogP contribution in [0.5, 0.6) is 0 Å². The number of nitrogens with zero attached hydrogens (tertiary/aromatic N) is 3. The van der Waals surface area contributed by atoms with E-state index in [1.807, 2.05) is 0 Å². The van der Waals surface area contributed by atoms with Crippen molar-refractivity contribution in [3.63, 3.8) is 0 Å². The van der Waals surface area contributed by atoms with Crippen LogP contribution in [-0.2, 0) is 16.0 Å². The molecule has 1 aromatic heterocycles. The van der Waals surface area contributed by atoms with E-state index in [1.165, 1.54) is 26.2 Å². The molecule has 0 aliphatic heterocycles. The molecule has 0 aliphatic rings. The van der Waals surface area contributed by atoms with Crippen LogP contribution in [-0.4, -0.2) is 32.3 Å². The molecule has 130 valence electrons. The smallest absolute Gasteiger partial charge is 0.355 e. The molecule has 0 spiro atoms. The molecule has 6 nitrogen and oxygen atoms in total. The molecule has 0 saturated carbocycles. The summed E-state index contributed by atoms with van der Waals surface area (Å²) in [4.78, 5) is 22.6. The Morgan fingerprint density at radius 3 is 2.58 bits per heavy atom. The van der Waals surface area contributed by atoms with Gasteiger partial charge in [-0.3, -0.25) is 4.79 Å². The minimum absolute atomic E-state index is 0.156. The van der Waals surface area contributed by atoms with E-state index in [9.17, 15) is 22.8 Å². The quantitative estimate of drug-likeness (QED) is 0.563. The number of hydrogen-bond acceptors (Lipinski definition) is 4. The largest absolute Gasteiger partial charge is 0.468 e. The van der Waals surface area contributed by atoms with Gasteiger partial charge in [0.15, 0.2) is 0 Å². The van der Waals surface area contributed by atoms with Crippen LogP contribution in [0.15, 0.2) is 23.0 Å². The first-order chi connectivity index (χ1) is 11.3. The molecule has 0 fully saturated rings. The Morgan fingerprint density at radius 2 is 2.08 bits per heavy atom. The Kier molecular flexibility index (Phi) is 5.47. The third-order valence-corrected chi connectivity index (χ3v) is 3.99. The van der Waals surface area contributed by atoms with Gasteiger partial charge in [0, 0.05) is 0 Å². The third-order valence-electron chi connectivity index (χ3n) is 3.29. The summed E-state index contributed by atoms with van der Waals surface area (Å²) in [6, 6.07) is 3.82. The standard InChI is InChI=1S/C14H13BrF3N3O3/c1-7-19-21(14(23)20(7)13(17)18)11-4-3-8(6-10(11)16)5-9(15)12(22)24-2/h3-4,6,9,13H,5H2,1-2H3. The zero-order valence-electron chi connectivity index (χ0n) is 12.7. The van der Waals surface area contributed by atoms with Gasteiger partial charge in [0.2, 0.25) is 0 Å². The number of esters is 1. The van der Waals surface area contributed by atoms with Gasteiger partial charge in [-0.25, -0.2) is 13.8 Å². The van der Waals surface area contributed by atoms with Crippen LogP contribution in [0.2, 0.25) is 0 Å². The number of rotatable bonds is 5. The summed E-state index contributed by atoms with van der Waals surface area (Å²) in [5.74, 6) is -1.57. The van der Waals surface area contributed by atoms with E-state index in [-0.39, 0.29) is 22.5 Å². The summed E-state index contributed by atoms with van der Waals surface area (Å²) in [5.41, 5.74) is -0.931. The number of alkyl halides is 3. The summed E-state index contributed by atoms with van der Waals surface area (Å²) in [6.07, 6.45) is 0.156. The van der Waals surface area contributed by atoms with Crippen LogP contribution in [0.3, 0.4) is 0 Å². The first-order valence-corrected chi connectivity index (χ1v) is 7.64. The van der Waals surface area contributed by atoms with Gasteiger partial charge in [-0.05, 0) is 31.0 Å². The molecule has 0 bridgehead atoms. The first-order valence-electron chi connectivity index (χ1n) is 6.73. The summed E-state index contributed by atoms with van der Waals surface area (Å²) >= 11 is 3.12. The molecule has 1 unspecified atom stereocenters. The van der Waals surface area contributed by atoms with E-state index in [2.05, 4.69) is 25.8 Å². The number of aryl methyl sites for hydroxylation is 1. The Balaban J connectivity index is 2.36. The molecule has 1 heterocycles. The highest BCUT2D eigenvalue weighted by atomic mass is 79.9. The van der Waals surface area contributed by atoms with Gasteiger partial charge in [0.1, 0.15) is 22.2 Å². The zero-order chi connectivity index (χ0) is 18.0. The minimum Gasteiger partial charge on any atom is -0.468 e. The van der Waals surface area contributed by atoms with Crippen LogP contribution in [0.4, 0.5) is 13.2 Å². The lowest BCUT2D eigenvalue weighted by Gasteiger charge is -2.09. The van der Waals surface area contributed by atoms with Crippen molar-refractivity contribution in [2.24, 2.45) is 0 Å². The molecular formula is C14H13BrF3N3O3. The van der Waals surface area contributed by atoms with Crippen molar-refractivity contribution >= 4 is 21.9 Å². The molecule has 0 amide bonds. The monoisotopic (exact) mass is 407 g/mol. The lowest BCUT2D eigenvalue weighted by atomic mass is 10.1. The van der Waals surface area contributed by atoms with Gasteiger partial charge in [0.25, 0.3) is 0 Å². The molecule has 1 atom stereocenters. The van der Waals surface area contributed by atoms with Crippen molar-refractivity contribution in [2.75, 3.05) is 7.11 Å². The maximum atomic E-state index is 14.3. The number of methoxy groups -OCH3 is 1. The van der Waals surface area contributed by atoms with E-state index in [0.29, 0.717) is 10.2 Å². The van der Waals surface area contributed by atoms with Crippen LogP contribution in [0, 0.1) is 12.7 Å². The summed E-state index contributed by atoms with van der Waals surface area (Å²) < 4.78 is 45.2. The normalized spacial score (nSPS) is 12.5. The summed E-state index contributed by atoms with van der Waals surface area (Å²) in [7, 11) is 1.23. The Labute approximate surface area is 143 Å². The second-order valence-electron chi connectivity index (χ2n) is 4.87. The highest BCUT2D eigenvalue weighted by Gasteiger charge is 2.21. The molecule has 2 aromatic rings. The predicted molar refractivity (Wildman–Crippen MR) is 82.2 cm³/mol. The second-order valence-corrected chi connectivity index (χ2v) is 5.98. The molecule has 24 heavy (non-hydrogen) atoms. The maximum Gasteiger partial charge on any atom is 0.355 e. The average Bonchev–Trinajstić information content (AvgIpc) is 2.81. The van der Waals surface area contributed by atoms with Gasteiger partial charge in [-0.1, -0.05) is 22.0 Å². The number of ether oxygens (including phenoxy) is 1. The van der Waals surface area contributed by atoms with Gasteiger partial charge in [-0.2, -0.15) is 13.5 Å². The number of benzene rings is 1. The van der Waals surface area contributed by atoms with Crippen molar-refractivity contribution in [1.82, 2.24) is 14.3 Å². The van der Waals surface area contributed by atoms with Crippen molar-refractivity contribution < 1.29 is 22.7 Å². The van der Waals surface area contributed by atoms with Crippen molar-refractivity contribution in [3.8, 4) is 5.69 Å². The van der Waals surface area contributed by atoms with E-state index < -0.39 is 28.9 Å². The van der Waals surface area contributed by atoms with E-state index >= 15 is 0 Å². The van der Waals surface area contributed by atoms with Crippen LogP contribution in [0.1, 0.15) is 17.9 Å². The van der Waals surface area contributed by atoms with Crippen LogP contribution < -0.4 is 5.69 Å². The van der Waals surface area contributed by atoms with Gasteiger partial charge in [0.05, 0.1) is 7.11 Å². The number of aromatic nitrogens is 3. The molecule has 2 rings (SSSR count). The summed E-state index contributed by atoms with van der Waals surface area (Å²) in [5, 5.41) is 3.66. The lowest BCUT2D eigenvalue weighted by Crippen LogP contribution is -2.25. The van der Waals surface area contributed by atoms with Gasteiger partial charge in [-0.15, -0.1) is 5.10 Å². The van der Waals surface area contributed by atoms with Crippen molar-refractivity contribution in [3.05, 3.63) is 45.9 Å². The molecule has 0 saturated heterocycles. The Morgan fingerprint density at radius 1 is 1.42 bits per heavy atom. The fourth-order valence-electron chi connectivity index (χ4n) is 2.13. The molecular weight excluding hydrogens is 395 g/mol. The van der Waals surface area contributed by atoms with E-state index in [0.717, 1.165) is 6.07 Å². The third kappa shape index (κ3) is 3.53. The highest BCUT2D eigenvalue weighted by Crippen LogP contribution is 2.18. The van der Waals surface area contributed by atoms with Crippen LogP contribution >= 0.6 is 15.9 Å². The average molecular weight is 408 g/mol. The second kappa shape index (κ2) is 7.20. The van der Waals surface area contributed by atoms with Crippen molar-refractivity contribution in [2.45, 2.75) is 24.7 Å². The van der Waals surface area contributed by atoms with E-state index in [1.54, 1.807) is 0 Å². The lowest BCUT2D eigenvalue weighted by molar-refractivity contribution is -0.139. The van der Waals surface area contributed by atoms with Gasteiger partial charge >= 0.3 is 18.2 Å². The number of hydrogen-bond donors (Lipinski definition) is 0. The fourth-order valence-corrected chi connectivity index (χ4v) is 2.69. The minimum atomic E-state index is -3.07. The van der Waals surface area contributed by atoms with Crippen molar-refractivity contribution in [1.29, 1.82) is 0 Å². The number of carbonyl (C=O) groups is 1. The SMILES string of the molecule is COC(=O)C(Br)Cc1ccc(-n2nc(C)n(C(F)F)c2=O)c(F)c1. The Bertz CT molecular complexity index is 819. The first kappa shape index (κ1) is 18.2. The topological polar surface area (TPSA) is 66.1 Å². The van der Waals surface area contributed by atoms with Crippen LogP contribution in [0.25, 0.3) is 5.69 Å². The maximum absolute atomic E-state index is 14.3. The fraction of sp³-hybridized carbons (Fsp3) is 0.357. The zero-order valence-corrected chi connectivity index (χ0v) is 14.3. The molecule has 0 aliphatic carbocycles. The predicted octanol–water partition coefficient (Wildman–Crippen LogP) is 2.36. The number of halogens is 4. The Hall–Kier alpha value is -2.10. The highest BCUT2D eigenvalue weighted by molar-refractivity contribution is 9.10. The molecule has 0 radical (unpaired) electrons. The number of carbonyl (C=O) groups excluding carboxylic acids is 1. The summed E-state index contributed by atoms with van der Waals surface area (Å²) in [6.45, 7) is -1.84. The molecule has 1 aromatic carbocycles. The molecule has 0 N–H and O–H groups in total. The van der Waals surface area contributed by atoms with E-state index in [4.69, 9.17) is 0 Å².